The summed E-state index contributed by atoms with van der Waals surface area (Å²) in [5, 5.41) is 3.01. The summed E-state index contributed by atoms with van der Waals surface area (Å²) in [6, 6.07) is 7.92. The van der Waals surface area contributed by atoms with Crippen LogP contribution in [0.25, 0.3) is 10.9 Å². The Labute approximate surface area is 125 Å². The fourth-order valence-corrected chi connectivity index (χ4v) is 3.96. The molecule has 2 aromatic heterocycles. The first-order chi connectivity index (χ1) is 9.65. The quantitative estimate of drug-likeness (QED) is 0.580. The monoisotopic (exact) mass is 302 g/mol. The van der Waals surface area contributed by atoms with Crippen LogP contribution in [-0.2, 0) is 0 Å². The lowest BCUT2D eigenvalue weighted by molar-refractivity contribution is 0.102. The van der Waals surface area contributed by atoms with Gasteiger partial charge in [-0.3, -0.25) is 4.79 Å². The number of Topliss-reactive ketones (excluding diaryl/α,β-unsaturated/α-hetero) is 1. The average Bonchev–Trinajstić information content (AvgIpc) is 2.98. The standard InChI is InChI=1S/C15H14N2OS2/c1-9-7-19-15(16-9)20-8-13(18)14-10(2)17-12-6-4-3-5-11(12)14/h3-7,17H,8H2,1-2H3. The number of hydrogen-bond acceptors (Lipinski definition) is 4. The zero-order valence-electron chi connectivity index (χ0n) is 11.3. The molecule has 3 aromatic rings. The minimum atomic E-state index is 0.151. The van der Waals surface area contributed by atoms with E-state index in [4.69, 9.17) is 0 Å². The van der Waals surface area contributed by atoms with Crippen molar-refractivity contribution in [2.75, 3.05) is 5.75 Å². The number of rotatable bonds is 4. The van der Waals surface area contributed by atoms with Crippen LogP contribution in [0, 0.1) is 13.8 Å². The summed E-state index contributed by atoms with van der Waals surface area (Å²) in [5.41, 5.74) is 3.77. The molecule has 0 unspecified atom stereocenters. The Kier molecular flexibility index (Phi) is 3.63. The lowest BCUT2D eigenvalue weighted by atomic mass is 10.1. The Balaban J connectivity index is 1.83. The Morgan fingerprint density at radius 2 is 2.15 bits per heavy atom. The molecule has 0 spiro atoms. The second-order valence-corrected chi connectivity index (χ2v) is 6.72. The maximum atomic E-state index is 12.5. The number of thioether (sulfide) groups is 1. The number of aryl methyl sites for hydroxylation is 2. The molecule has 20 heavy (non-hydrogen) atoms. The van der Waals surface area contributed by atoms with Crippen LogP contribution < -0.4 is 0 Å². The fourth-order valence-electron chi connectivity index (χ4n) is 2.23. The Morgan fingerprint density at radius 3 is 2.90 bits per heavy atom. The van der Waals surface area contributed by atoms with Crippen LogP contribution in [0.5, 0.6) is 0 Å². The Morgan fingerprint density at radius 1 is 1.35 bits per heavy atom. The van der Waals surface area contributed by atoms with Crippen molar-refractivity contribution < 1.29 is 4.79 Å². The van der Waals surface area contributed by atoms with Crippen LogP contribution in [0.15, 0.2) is 34.0 Å². The highest BCUT2D eigenvalue weighted by atomic mass is 32.2. The first kappa shape index (κ1) is 13.4. The van der Waals surface area contributed by atoms with Gasteiger partial charge in [0.2, 0.25) is 0 Å². The predicted molar refractivity (Wildman–Crippen MR) is 84.9 cm³/mol. The molecule has 0 saturated heterocycles. The van der Waals surface area contributed by atoms with Crippen molar-refractivity contribution in [3.05, 3.63) is 46.6 Å². The van der Waals surface area contributed by atoms with Gasteiger partial charge in [0.05, 0.1) is 5.75 Å². The zero-order chi connectivity index (χ0) is 14.1. The van der Waals surface area contributed by atoms with Gasteiger partial charge in [0.1, 0.15) is 0 Å². The number of nitrogens with zero attached hydrogens (tertiary/aromatic N) is 1. The third kappa shape index (κ3) is 2.51. The van der Waals surface area contributed by atoms with Gasteiger partial charge in [-0.1, -0.05) is 30.0 Å². The highest BCUT2D eigenvalue weighted by molar-refractivity contribution is 8.01. The molecule has 0 saturated carbocycles. The third-order valence-electron chi connectivity index (χ3n) is 3.10. The van der Waals surface area contributed by atoms with Crippen LogP contribution in [0.4, 0.5) is 0 Å². The van der Waals surface area contributed by atoms with Gasteiger partial charge in [-0.05, 0) is 19.9 Å². The van der Waals surface area contributed by atoms with Gasteiger partial charge in [-0.25, -0.2) is 4.98 Å². The normalized spacial score (nSPS) is 11.1. The molecule has 5 heteroatoms. The topological polar surface area (TPSA) is 45.8 Å². The van der Waals surface area contributed by atoms with Gasteiger partial charge in [0, 0.05) is 33.2 Å². The number of H-pyrrole nitrogens is 1. The van der Waals surface area contributed by atoms with E-state index in [1.54, 1.807) is 11.3 Å². The number of carbonyl (C=O) groups is 1. The molecule has 3 rings (SSSR count). The fraction of sp³-hybridized carbons (Fsp3) is 0.200. The molecular formula is C15H14N2OS2. The van der Waals surface area contributed by atoms with E-state index in [9.17, 15) is 4.79 Å². The van der Waals surface area contributed by atoms with E-state index >= 15 is 0 Å². The maximum absolute atomic E-state index is 12.5. The predicted octanol–water partition coefficient (Wildman–Crippen LogP) is 4.22. The number of para-hydroxylation sites is 1. The van der Waals surface area contributed by atoms with Gasteiger partial charge in [0.15, 0.2) is 10.1 Å². The number of ketones is 1. The van der Waals surface area contributed by atoms with E-state index in [0.717, 1.165) is 32.2 Å². The highest BCUT2D eigenvalue weighted by Gasteiger charge is 2.16. The minimum Gasteiger partial charge on any atom is -0.358 e. The third-order valence-corrected chi connectivity index (χ3v) is 5.24. The largest absolute Gasteiger partial charge is 0.358 e. The zero-order valence-corrected chi connectivity index (χ0v) is 12.9. The lowest BCUT2D eigenvalue weighted by Gasteiger charge is -2.00. The van der Waals surface area contributed by atoms with Crippen molar-refractivity contribution in [3.63, 3.8) is 0 Å². The van der Waals surface area contributed by atoms with E-state index in [-0.39, 0.29) is 5.78 Å². The summed E-state index contributed by atoms with van der Waals surface area (Å²) in [7, 11) is 0. The average molecular weight is 302 g/mol. The molecule has 0 atom stereocenters. The molecule has 0 aliphatic heterocycles. The smallest absolute Gasteiger partial charge is 0.175 e. The molecule has 102 valence electrons. The first-order valence-corrected chi connectivity index (χ1v) is 8.17. The van der Waals surface area contributed by atoms with Crippen molar-refractivity contribution in [1.29, 1.82) is 0 Å². The van der Waals surface area contributed by atoms with Crippen LogP contribution in [0.1, 0.15) is 21.7 Å². The molecule has 2 heterocycles. The number of aromatic nitrogens is 2. The first-order valence-electron chi connectivity index (χ1n) is 6.30. The van der Waals surface area contributed by atoms with Gasteiger partial charge < -0.3 is 4.98 Å². The van der Waals surface area contributed by atoms with Crippen molar-refractivity contribution in [3.8, 4) is 0 Å². The summed E-state index contributed by atoms with van der Waals surface area (Å²) in [6.45, 7) is 3.91. The molecule has 0 bridgehead atoms. The van der Waals surface area contributed by atoms with Crippen LogP contribution in [0.3, 0.4) is 0 Å². The van der Waals surface area contributed by atoms with E-state index in [1.807, 2.05) is 43.5 Å². The van der Waals surface area contributed by atoms with Gasteiger partial charge in [0.25, 0.3) is 0 Å². The van der Waals surface area contributed by atoms with E-state index in [1.165, 1.54) is 11.8 Å². The van der Waals surface area contributed by atoms with Gasteiger partial charge in [-0.15, -0.1) is 11.3 Å². The number of fused-ring (bicyclic) bond motifs is 1. The van der Waals surface area contributed by atoms with Crippen molar-refractivity contribution >= 4 is 39.8 Å². The SMILES string of the molecule is Cc1csc(SCC(=O)c2c(C)[nH]c3ccccc23)n1. The number of thiazole rings is 1. The number of hydrogen-bond donors (Lipinski definition) is 1. The number of carbonyl (C=O) groups excluding carboxylic acids is 1. The minimum absolute atomic E-state index is 0.151. The molecular weight excluding hydrogens is 288 g/mol. The van der Waals surface area contributed by atoms with Crippen molar-refractivity contribution in [2.24, 2.45) is 0 Å². The van der Waals surface area contributed by atoms with E-state index in [2.05, 4.69) is 9.97 Å². The number of aromatic amines is 1. The molecule has 1 aromatic carbocycles. The number of nitrogens with one attached hydrogen (secondary N) is 1. The molecule has 1 N–H and O–H groups in total. The van der Waals surface area contributed by atoms with Gasteiger partial charge in [-0.2, -0.15) is 0 Å². The Hall–Kier alpha value is -1.59. The second-order valence-electron chi connectivity index (χ2n) is 4.64. The summed E-state index contributed by atoms with van der Waals surface area (Å²) in [5.74, 6) is 0.577. The van der Waals surface area contributed by atoms with Crippen LogP contribution in [0.2, 0.25) is 0 Å². The molecule has 3 nitrogen and oxygen atoms in total. The molecule has 0 fully saturated rings. The summed E-state index contributed by atoms with van der Waals surface area (Å²) < 4.78 is 0.952. The lowest BCUT2D eigenvalue weighted by Crippen LogP contribution is -2.03. The molecule has 0 aliphatic rings. The molecule has 0 amide bonds. The van der Waals surface area contributed by atoms with Crippen LogP contribution >= 0.6 is 23.1 Å². The van der Waals surface area contributed by atoms with Crippen molar-refractivity contribution in [2.45, 2.75) is 18.2 Å². The number of benzene rings is 1. The summed E-state index contributed by atoms with van der Waals surface area (Å²) >= 11 is 3.10. The molecule has 0 aliphatic carbocycles. The summed E-state index contributed by atoms with van der Waals surface area (Å²) in [4.78, 5) is 20.1. The van der Waals surface area contributed by atoms with Gasteiger partial charge >= 0.3 is 0 Å². The highest BCUT2D eigenvalue weighted by Crippen LogP contribution is 2.27. The van der Waals surface area contributed by atoms with E-state index in [0.29, 0.717) is 5.75 Å². The Bertz CT molecular complexity index is 773. The molecule has 0 radical (unpaired) electrons. The van der Waals surface area contributed by atoms with E-state index < -0.39 is 0 Å². The van der Waals surface area contributed by atoms with Crippen LogP contribution in [-0.4, -0.2) is 21.5 Å². The summed E-state index contributed by atoms with van der Waals surface area (Å²) in [6.07, 6.45) is 0. The van der Waals surface area contributed by atoms with Crippen molar-refractivity contribution in [1.82, 2.24) is 9.97 Å². The second kappa shape index (κ2) is 5.42. The maximum Gasteiger partial charge on any atom is 0.175 e.